The van der Waals surface area contributed by atoms with Crippen LogP contribution in [0.1, 0.15) is 52.0 Å². The van der Waals surface area contributed by atoms with Gasteiger partial charge >= 0.3 is 0 Å². The van der Waals surface area contributed by atoms with Crippen molar-refractivity contribution >= 4 is 5.91 Å². The van der Waals surface area contributed by atoms with Gasteiger partial charge in [-0.25, -0.2) is 0 Å². The monoisotopic (exact) mass is 345 g/mol. The highest BCUT2D eigenvalue weighted by Gasteiger charge is 2.33. The SMILES string of the molecule is CN(Cc1ccc2c(c1)OCCO2)C(=O)C1CCC(C(C)(C)C)CC1. The largest absolute Gasteiger partial charge is 0.486 e. The minimum Gasteiger partial charge on any atom is -0.486 e. The molecule has 2 aliphatic rings. The second-order valence-electron chi connectivity index (χ2n) is 8.59. The molecule has 4 nitrogen and oxygen atoms in total. The van der Waals surface area contributed by atoms with Gasteiger partial charge in [0.1, 0.15) is 13.2 Å². The zero-order valence-corrected chi connectivity index (χ0v) is 16.0. The number of hydrogen-bond acceptors (Lipinski definition) is 3. The van der Waals surface area contributed by atoms with Gasteiger partial charge < -0.3 is 14.4 Å². The normalized spacial score (nSPS) is 23.2. The molecule has 1 aliphatic heterocycles. The van der Waals surface area contributed by atoms with E-state index < -0.39 is 0 Å². The summed E-state index contributed by atoms with van der Waals surface area (Å²) in [6.07, 6.45) is 4.37. The maximum absolute atomic E-state index is 12.8. The molecule has 1 aliphatic carbocycles. The van der Waals surface area contributed by atoms with Gasteiger partial charge in [0.2, 0.25) is 5.91 Å². The second kappa shape index (κ2) is 7.27. The standard InChI is InChI=1S/C21H31NO3/c1-21(2,3)17-8-6-16(7-9-17)20(23)22(4)14-15-5-10-18-19(13-15)25-12-11-24-18/h5,10,13,16-17H,6-9,11-12,14H2,1-4H3. The van der Waals surface area contributed by atoms with E-state index in [-0.39, 0.29) is 11.8 Å². The van der Waals surface area contributed by atoms with Gasteiger partial charge in [-0.05, 0) is 54.7 Å². The fraction of sp³-hybridized carbons (Fsp3) is 0.667. The van der Waals surface area contributed by atoms with Crippen LogP contribution in [0, 0.1) is 17.3 Å². The average molecular weight is 345 g/mol. The van der Waals surface area contributed by atoms with Gasteiger partial charge in [0.05, 0.1) is 0 Å². The van der Waals surface area contributed by atoms with Crippen LogP contribution < -0.4 is 9.47 Å². The highest BCUT2D eigenvalue weighted by molar-refractivity contribution is 5.78. The third-order valence-electron chi connectivity index (χ3n) is 5.70. The third kappa shape index (κ3) is 4.28. The van der Waals surface area contributed by atoms with Crippen LogP contribution in [-0.2, 0) is 11.3 Å². The number of rotatable bonds is 3. The quantitative estimate of drug-likeness (QED) is 0.821. The van der Waals surface area contributed by atoms with E-state index >= 15 is 0 Å². The number of carbonyl (C=O) groups excluding carboxylic acids is 1. The molecule has 1 aromatic carbocycles. The van der Waals surface area contributed by atoms with E-state index in [4.69, 9.17) is 9.47 Å². The van der Waals surface area contributed by atoms with Gasteiger partial charge in [0, 0.05) is 19.5 Å². The maximum atomic E-state index is 12.8. The Morgan fingerprint density at radius 2 is 1.72 bits per heavy atom. The molecule has 0 radical (unpaired) electrons. The van der Waals surface area contributed by atoms with Gasteiger partial charge in [0.25, 0.3) is 0 Å². The van der Waals surface area contributed by atoms with E-state index in [1.165, 1.54) is 0 Å². The lowest BCUT2D eigenvalue weighted by atomic mass is 9.69. The lowest BCUT2D eigenvalue weighted by molar-refractivity contribution is -0.136. The lowest BCUT2D eigenvalue weighted by Crippen LogP contribution is -2.36. The van der Waals surface area contributed by atoms with Crippen molar-refractivity contribution in [3.63, 3.8) is 0 Å². The van der Waals surface area contributed by atoms with E-state index in [2.05, 4.69) is 20.8 Å². The van der Waals surface area contributed by atoms with E-state index in [1.54, 1.807) is 0 Å². The fourth-order valence-electron chi connectivity index (χ4n) is 4.06. The van der Waals surface area contributed by atoms with Crippen LogP contribution in [-0.4, -0.2) is 31.1 Å². The molecule has 0 aromatic heterocycles. The van der Waals surface area contributed by atoms with Crippen molar-refractivity contribution in [2.45, 2.75) is 53.0 Å². The van der Waals surface area contributed by atoms with Crippen molar-refractivity contribution in [1.82, 2.24) is 4.90 Å². The lowest BCUT2D eigenvalue weighted by Gasteiger charge is -2.37. The Labute approximate surface area is 151 Å². The number of fused-ring (bicyclic) bond motifs is 1. The van der Waals surface area contributed by atoms with Gasteiger partial charge in [-0.3, -0.25) is 4.79 Å². The highest BCUT2D eigenvalue weighted by atomic mass is 16.6. The predicted octanol–water partition coefficient (Wildman–Crippen LogP) is 4.27. The predicted molar refractivity (Wildman–Crippen MR) is 98.8 cm³/mol. The molecular formula is C21H31NO3. The first-order chi connectivity index (χ1) is 11.8. The van der Waals surface area contributed by atoms with Crippen molar-refractivity contribution < 1.29 is 14.3 Å². The van der Waals surface area contributed by atoms with Crippen molar-refractivity contribution in [3.05, 3.63) is 23.8 Å². The summed E-state index contributed by atoms with van der Waals surface area (Å²) in [5, 5.41) is 0. The third-order valence-corrected chi connectivity index (χ3v) is 5.70. The van der Waals surface area contributed by atoms with Gasteiger partial charge in [-0.15, -0.1) is 0 Å². The molecule has 0 unspecified atom stereocenters. The van der Waals surface area contributed by atoms with Gasteiger partial charge in [-0.2, -0.15) is 0 Å². The first-order valence-electron chi connectivity index (χ1n) is 9.48. The highest BCUT2D eigenvalue weighted by Crippen LogP contribution is 2.40. The molecule has 138 valence electrons. The minimum absolute atomic E-state index is 0.181. The van der Waals surface area contributed by atoms with Crippen molar-refractivity contribution in [1.29, 1.82) is 0 Å². The number of hydrogen-bond donors (Lipinski definition) is 0. The molecule has 1 heterocycles. The van der Waals surface area contributed by atoms with E-state index in [9.17, 15) is 4.79 Å². The first kappa shape index (κ1) is 18.1. The van der Waals surface area contributed by atoms with Gasteiger partial charge in [-0.1, -0.05) is 26.8 Å². The molecule has 0 saturated heterocycles. The molecule has 0 bridgehead atoms. The van der Waals surface area contributed by atoms with E-state index in [1.807, 2.05) is 30.1 Å². The maximum Gasteiger partial charge on any atom is 0.225 e. The summed E-state index contributed by atoms with van der Waals surface area (Å²) in [6, 6.07) is 5.96. The zero-order valence-electron chi connectivity index (χ0n) is 16.0. The summed E-state index contributed by atoms with van der Waals surface area (Å²) < 4.78 is 11.2. The summed E-state index contributed by atoms with van der Waals surface area (Å²) in [5.41, 5.74) is 1.44. The summed E-state index contributed by atoms with van der Waals surface area (Å²) in [4.78, 5) is 14.7. The molecule has 4 heteroatoms. The molecule has 1 fully saturated rings. The van der Waals surface area contributed by atoms with Crippen LogP contribution in [0.5, 0.6) is 11.5 Å². The second-order valence-corrected chi connectivity index (χ2v) is 8.59. The number of nitrogens with zero attached hydrogens (tertiary/aromatic N) is 1. The fourth-order valence-corrected chi connectivity index (χ4v) is 4.06. The summed E-state index contributed by atoms with van der Waals surface area (Å²) in [5.74, 6) is 2.78. The summed E-state index contributed by atoms with van der Waals surface area (Å²) in [6.45, 7) is 8.74. The van der Waals surface area contributed by atoms with Crippen molar-refractivity contribution in [2.24, 2.45) is 17.3 Å². The Kier molecular flexibility index (Phi) is 5.26. The Balaban J connectivity index is 1.56. The Hall–Kier alpha value is -1.71. The van der Waals surface area contributed by atoms with Crippen LogP contribution >= 0.6 is 0 Å². The van der Waals surface area contributed by atoms with Crippen LogP contribution in [0.2, 0.25) is 0 Å². The number of benzene rings is 1. The van der Waals surface area contributed by atoms with Crippen LogP contribution in [0.3, 0.4) is 0 Å². The zero-order chi connectivity index (χ0) is 18.0. The molecule has 0 N–H and O–H groups in total. The van der Waals surface area contributed by atoms with Crippen molar-refractivity contribution in [3.8, 4) is 11.5 Å². The average Bonchev–Trinajstić information content (AvgIpc) is 2.60. The Morgan fingerprint density at radius 1 is 1.08 bits per heavy atom. The Morgan fingerprint density at radius 3 is 2.36 bits per heavy atom. The molecule has 25 heavy (non-hydrogen) atoms. The molecule has 1 saturated carbocycles. The molecular weight excluding hydrogens is 314 g/mol. The molecule has 0 atom stereocenters. The number of carbonyl (C=O) groups is 1. The number of ether oxygens (including phenoxy) is 2. The first-order valence-corrected chi connectivity index (χ1v) is 9.48. The molecule has 1 amide bonds. The topological polar surface area (TPSA) is 38.8 Å². The molecule has 0 spiro atoms. The van der Waals surface area contributed by atoms with Gasteiger partial charge in [0.15, 0.2) is 11.5 Å². The van der Waals surface area contributed by atoms with Crippen molar-refractivity contribution in [2.75, 3.05) is 20.3 Å². The smallest absolute Gasteiger partial charge is 0.225 e. The summed E-state index contributed by atoms with van der Waals surface area (Å²) in [7, 11) is 1.91. The molecule has 1 aromatic rings. The van der Waals surface area contributed by atoms with Crippen LogP contribution in [0.15, 0.2) is 18.2 Å². The van der Waals surface area contributed by atoms with Crippen LogP contribution in [0.25, 0.3) is 0 Å². The minimum atomic E-state index is 0.181. The number of amides is 1. The van der Waals surface area contributed by atoms with Crippen LogP contribution in [0.4, 0.5) is 0 Å². The Bertz CT molecular complexity index is 612. The molecule has 3 rings (SSSR count). The van der Waals surface area contributed by atoms with E-state index in [0.717, 1.165) is 48.7 Å². The van der Waals surface area contributed by atoms with E-state index in [0.29, 0.717) is 25.2 Å². The summed E-state index contributed by atoms with van der Waals surface area (Å²) >= 11 is 0.